The highest BCUT2D eigenvalue weighted by Gasteiger charge is 2.22. The second-order valence-electron chi connectivity index (χ2n) is 4.36. The van der Waals surface area contributed by atoms with Crippen LogP contribution in [0.15, 0.2) is 18.7 Å². The Bertz CT molecular complexity index is 482. The van der Waals surface area contributed by atoms with Gasteiger partial charge < -0.3 is 5.11 Å². The Balaban J connectivity index is 2.68. The molecule has 2 rings (SSSR count). The summed E-state index contributed by atoms with van der Waals surface area (Å²) in [7, 11) is 0. The average molecular weight is 213 g/mol. The van der Waals surface area contributed by atoms with E-state index in [-0.39, 0.29) is 6.10 Å². The van der Waals surface area contributed by atoms with Gasteiger partial charge in [0.1, 0.15) is 0 Å². The average Bonchev–Trinajstić information content (AvgIpc) is 2.27. The number of nitrogens with zero attached hydrogens (tertiary/aromatic N) is 1. The summed E-state index contributed by atoms with van der Waals surface area (Å²) in [5.74, 6) is 0. The zero-order valence-electron chi connectivity index (χ0n) is 9.45. The number of benzene rings is 1. The lowest BCUT2D eigenvalue weighted by atomic mass is 9.82. The van der Waals surface area contributed by atoms with Crippen LogP contribution >= 0.6 is 0 Å². The van der Waals surface area contributed by atoms with Crippen LogP contribution in [0, 0.1) is 11.3 Å². The lowest BCUT2D eigenvalue weighted by Gasteiger charge is -2.24. The molecule has 0 bridgehead atoms. The minimum absolute atomic E-state index is 0.380. The molecule has 1 aliphatic rings. The van der Waals surface area contributed by atoms with Crippen LogP contribution in [0.25, 0.3) is 5.57 Å². The third-order valence-electron chi connectivity index (χ3n) is 3.16. The van der Waals surface area contributed by atoms with Crippen molar-refractivity contribution in [2.45, 2.75) is 32.3 Å². The SMILES string of the molecule is C=C(C)c1c(C#N)ccc2c1CCCC2O. The molecule has 0 fully saturated rings. The van der Waals surface area contributed by atoms with Gasteiger partial charge in [-0.05, 0) is 54.5 Å². The van der Waals surface area contributed by atoms with Crippen molar-refractivity contribution in [3.63, 3.8) is 0 Å². The summed E-state index contributed by atoms with van der Waals surface area (Å²) >= 11 is 0. The van der Waals surface area contributed by atoms with E-state index in [4.69, 9.17) is 5.26 Å². The van der Waals surface area contributed by atoms with Gasteiger partial charge in [-0.3, -0.25) is 0 Å². The summed E-state index contributed by atoms with van der Waals surface area (Å²) in [5.41, 5.74) is 4.61. The van der Waals surface area contributed by atoms with Gasteiger partial charge in [-0.15, -0.1) is 0 Å². The molecule has 0 saturated carbocycles. The molecule has 0 saturated heterocycles. The monoisotopic (exact) mass is 213 g/mol. The first-order valence-corrected chi connectivity index (χ1v) is 5.55. The number of rotatable bonds is 1. The van der Waals surface area contributed by atoms with E-state index in [1.165, 1.54) is 0 Å². The molecule has 1 unspecified atom stereocenters. The zero-order valence-corrected chi connectivity index (χ0v) is 9.45. The van der Waals surface area contributed by atoms with Crippen molar-refractivity contribution >= 4 is 5.57 Å². The van der Waals surface area contributed by atoms with Crippen molar-refractivity contribution in [3.8, 4) is 6.07 Å². The largest absolute Gasteiger partial charge is 0.388 e. The van der Waals surface area contributed by atoms with E-state index >= 15 is 0 Å². The molecule has 16 heavy (non-hydrogen) atoms. The lowest BCUT2D eigenvalue weighted by Crippen LogP contribution is -2.12. The summed E-state index contributed by atoms with van der Waals surface area (Å²) < 4.78 is 0. The molecule has 1 atom stereocenters. The number of aliphatic hydroxyl groups is 1. The Labute approximate surface area is 95.8 Å². The van der Waals surface area contributed by atoms with Crippen molar-refractivity contribution in [2.75, 3.05) is 0 Å². The lowest BCUT2D eigenvalue weighted by molar-refractivity contribution is 0.156. The number of fused-ring (bicyclic) bond motifs is 1. The minimum Gasteiger partial charge on any atom is -0.388 e. The molecule has 0 spiro atoms. The molecule has 0 aromatic heterocycles. The first-order chi connectivity index (χ1) is 7.65. The highest BCUT2D eigenvalue weighted by atomic mass is 16.3. The van der Waals surface area contributed by atoms with Gasteiger partial charge in [-0.1, -0.05) is 12.6 Å². The normalized spacial score (nSPS) is 18.7. The third-order valence-corrected chi connectivity index (χ3v) is 3.16. The van der Waals surface area contributed by atoms with E-state index in [0.29, 0.717) is 5.56 Å². The number of hydrogen-bond acceptors (Lipinski definition) is 2. The Morgan fingerprint density at radius 1 is 1.56 bits per heavy atom. The number of allylic oxidation sites excluding steroid dienone is 1. The van der Waals surface area contributed by atoms with Crippen LogP contribution in [-0.2, 0) is 6.42 Å². The van der Waals surface area contributed by atoms with Gasteiger partial charge in [0.15, 0.2) is 0 Å². The summed E-state index contributed by atoms with van der Waals surface area (Å²) in [6, 6.07) is 5.87. The highest BCUT2D eigenvalue weighted by molar-refractivity contribution is 5.72. The Kier molecular flexibility index (Phi) is 2.80. The van der Waals surface area contributed by atoms with E-state index in [0.717, 1.165) is 41.5 Å². The molecule has 82 valence electrons. The fourth-order valence-corrected chi connectivity index (χ4v) is 2.45. The van der Waals surface area contributed by atoms with Gasteiger partial charge in [-0.25, -0.2) is 0 Å². The minimum atomic E-state index is -0.380. The van der Waals surface area contributed by atoms with Crippen LogP contribution in [0.4, 0.5) is 0 Å². The van der Waals surface area contributed by atoms with Crippen molar-refractivity contribution < 1.29 is 5.11 Å². The van der Waals surface area contributed by atoms with Crippen LogP contribution in [0.2, 0.25) is 0 Å². The van der Waals surface area contributed by atoms with Crippen LogP contribution < -0.4 is 0 Å². The van der Waals surface area contributed by atoms with Gasteiger partial charge in [0.2, 0.25) is 0 Å². The molecule has 1 aliphatic carbocycles. The predicted octanol–water partition coefficient (Wildman–Crippen LogP) is 2.96. The van der Waals surface area contributed by atoms with Crippen LogP contribution in [0.3, 0.4) is 0 Å². The molecule has 2 heteroatoms. The first kappa shape index (κ1) is 10.9. The maximum absolute atomic E-state index is 9.92. The number of aliphatic hydroxyl groups excluding tert-OH is 1. The highest BCUT2D eigenvalue weighted by Crippen LogP contribution is 2.35. The smallest absolute Gasteiger partial charge is 0.0998 e. The van der Waals surface area contributed by atoms with E-state index in [1.807, 2.05) is 13.0 Å². The fraction of sp³-hybridized carbons (Fsp3) is 0.357. The topological polar surface area (TPSA) is 44.0 Å². The maximum atomic E-state index is 9.92. The Hall–Kier alpha value is -1.59. The summed E-state index contributed by atoms with van der Waals surface area (Å²) in [6.45, 7) is 5.85. The van der Waals surface area contributed by atoms with Crippen LogP contribution in [-0.4, -0.2) is 5.11 Å². The second-order valence-corrected chi connectivity index (χ2v) is 4.36. The van der Waals surface area contributed by atoms with E-state index in [9.17, 15) is 5.11 Å². The number of nitriles is 1. The Morgan fingerprint density at radius 2 is 2.31 bits per heavy atom. The van der Waals surface area contributed by atoms with Crippen molar-refractivity contribution in [3.05, 3.63) is 41.0 Å². The molecule has 0 aliphatic heterocycles. The van der Waals surface area contributed by atoms with E-state index in [2.05, 4.69) is 12.6 Å². The van der Waals surface area contributed by atoms with Gasteiger partial charge >= 0.3 is 0 Å². The molecular formula is C14H15NO. The molecule has 0 amide bonds. The van der Waals surface area contributed by atoms with Gasteiger partial charge in [0, 0.05) is 0 Å². The fourth-order valence-electron chi connectivity index (χ4n) is 2.45. The summed E-state index contributed by atoms with van der Waals surface area (Å²) in [6.07, 6.45) is 2.34. The molecule has 1 N–H and O–H groups in total. The maximum Gasteiger partial charge on any atom is 0.0998 e. The van der Waals surface area contributed by atoms with Crippen LogP contribution in [0.5, 0.6) is 0 Å². The molecule has 2 nitrogen and oxygen atoms in total. The third kappa shape index (κ3) is 1.64. The van der Waals surface area contributed by atoms with Crippen LogP contribution in [0.1, 0.15) is 48.1 Å². The number of hydrogen-bond donors (Lipinski definition) is 1. The van der Waals surface area contributed by atoms with Crippen molar-refractivity contribution in [2.24, 2.45) is 0 Å². The first-order valence-electron chi connectivity index (χ1n) is 5.55. The molecular weight excluding hydrogens is 198 g/mol. The summed E-state index contributed by atoms with van der Waals surface area (Å²) in [5, 5.41) is 19.0. The van der Waals surface area contributed by atoms with Crippen molar-refractivity contribution in [1.29, 1.82) is 5.26 Å². The molecule has 1 aromatic rings. The van der Waals surface area contributed by atoms with E-state index in [1.54, 1.807) is 6.07 Å². The standard InChI is InChI=1S/C14H15NO/c1-9(2)14-10(8-15)6-7-11-12(14)4-3-5-13(11)16/h6-7,13,16H,1,3-5H2,2H3. The zero-order chi connectivity index (χ0) is 11.7. The van der Waals surface area contributed by atoms with Crippen molar-refractivity contribution in [1.82, 2.24) is 0 Å². The van der Waals surface area contributed by atoms with Gasteiger partial charge in [0.25, 0.3) is 0 Å². The second kappa shape index (κ2) is 4.11. The molecule has 0 heterocycles. The Morgan fingerprint density at radius 3 is 2.94 bits per heavy atom. The molecule has 0 radical (unpaired) electrons. The van der Waals surface area contributed by atoms with E-state index < -0.39 is 0 Å². The van der Waals surface area contributed by atoms with Gasteiger partial charge in [-0.2, -0.15) is 5.26 Å². The predicted molar refractivity (Wildman–Crippen MR) is 63.8 cm³/mol. The quantitative estimate of drug-likeness (QED) is 0.779. The summed E-state index contributed by atoms with van der Waals surface area (Å²) in [4.78, 5) is 0. The van der Waals surface area contributed by atoms with Gasteiger partial charge in [0.05, 0.1) is 17.7 Å². The molecule has 1 aromatic carbocycles.